The van der Waals surface area contributed by atoms with Gasteiger partial charge in [-0.05, 0) is 56.6 Å². The molecule has 0 bridgehead atoms. The summed E-state index contributed by atoms with van der Waals surface area (Å²) in [4.78, 5) is 2.40. The predicted molar refractivity (Wildman–Crippen MR) is 83.0 cm³/mol. The fourth-order valence-corrected chi connectivity index (χ4v) is 2.11. The van der Waals surface area contributed by atoms with E-state index in [1.54, 1.807) is 0 Å². The first-order valence-electron chi connectivity index (χ1n) is 7.29. The number of nitrogens with two attached hydrogens (primary N) is 1. The Morgan fingerprint density at radius 3 is 1.83 bits per heavy atom. The molecule has 0 amide bonds. The molecule has 0 atom stereocenters. The molecule has 1 aromatic rings. The van der Waals surface area contributed by atoms with Gasteiger partial charge in [-0.3, -0.25) is 0 Å². The second-order valence-corrected chi connectivity index (χ2v) is 4.24. The number of rotatable bonds is 1. The van der Waals surface area contributed by atoms with Crippen molar-refractivity contribution in [3.8, 4) is 0 Å². The molecule has 2 heteroatoms. The van der Waals surface area contributed by atoms with Crippen LogP contribution >= 0.6 is 0 Å². The number of hydrogen-bond donors (Lipinski definition) is 1. The lowest BCUT2D eigenvalue weighted by molar-refractivity contribution is 0.255. The summed E-state index contributed by atoms with van der Waals surface area (Å²) in [6, 6.07) is 8.36. The van der Waals surface area contributed by atoms with Crippen molar-refractivity contribution in [3.05, 3.63) is 29.8 Å². The third-order valence-corrected chi connectivity index (χ3v) is 3.13. The summed E-state index contributed by atoms with van der Waals surface area (Å²) in [5.41, 5.74) is 7.98. The van der Waals surface area contributed by atoms with Gasteiger partial charge in [0.2, 0.25) is 0 Å². The molecule has 0 radical (unpaired) electrons. The fraction of sp³-hybridized carbons (Fsp3) is 0.625. The lowest BCUT2D eigenvalue weighted by atomic mass is 9.89. The Kier molecular flexibility index (Phi) is 9.39. The van der Waals surface area contributed by atoms with Gasteiger partial charge in [-0.25, -0.2) is 0 Å². The molecule has 104 valence electrons. The van der Waals surface area contributed by atoms with Crippen molar-refractivity contribution in [2.75, 3.05) is 25.9 Å². The minimum atomic E-state index is 0.742. The monoisotopic (exact) mass is 250 g/mol. The Balaban J connectivity index is 0.000000659. The summed E-state index contributed by atoms with van der Waals surface area (Å²) in [6.07, 6.45) is 2.56. The van der Waals surface area contributed by atoms with Gasteiger partial charge < -0.3 is 10.6 Å². The smallest absolute Gasteiger partial charge is 0.0314 e. The molecule has 18 heavy (non-hydrogen) atoms. The van der Waals surface area contributed by atoms with Gasteiger partial charge in [-0.1, -0.05) is 39.8 Å². The first-order chi connectivity index (χ1) is 8.75. The summed E-state index contributed by atoms with van der Waals surface area (Å²) in [7, 11) is 2.19. The molecule has 1 fully saturated rings. The highest BCUT2D eigenvalue weighted by atomic mass is 15.1. The molecule has 0 aliphatic carbocycles. The molecule has 0 spiro atoms. The number of anilines is 1. The van der Waals surface area contributed by atoms with Crippen LogP contribution in [0.1, 0.15) is 52.0 Å². The molecular formula is C16H30N2. The summed E-state index contributed by atoms with van der Waals surface area (Å²) in [5.74, 6) is 0.742. The van der Waals surface area contributed by atoms with Gasteiger partial charge in [0.05, 0.1) is 0 Å². The van der Waals surface area contributed by atoms with Crippen LogP contribution in [0.5, 0.6) is 0 Å². The second kappa shape index (κ2) is 9.95. The molecule has 1 aromatic carbocycles. The van der Waals surface area contributed by atoms with Crippen molar-refractivity contribution in [1.82, 2.24) is 4.90 Å². The lowest BCUT2D eigenvalue weighted by Crippen LogP contribution is -2.29. The second-order valence-electron chi connectivity index (χ2n) is 4.24. The first-order valence-corrected chi connectivity index (χ1v) is 7.29. The first kappa shape index (κ1) is 17.0. The van der Waals surface area contributed by atoms with Crippen molar-refractivity contribution in [2.45, 2.75) is 46.5 Å². The average Bonchev–Trinajstić information content (AvgIpc) is 2.45. The highest BCUT2D eigenvalue weighted by molar-refractivity contribution is 5.40. The maximum atomic E-state index is 5.67. The van der Waals surface area contributed by atoms with Gasteiger partial charge in [0.15, 0.2) is 0 Å². The van der Waals surface area contributed by atoms with Crippen LogP contribution in [0.15, 0.2) is 24.3 Å². The van der Waals surface area contributed by atoms with E-state index < -0.39 is 0 Å². The number of nitrogens with zero attached hydrogens (tertiary/aromatic N) is 1. The van der Waals surface area contributed by atoms with Crippen LogP contribution in [0.25, 0.3) is 0 Å². The highest BCUT2D eigenvalue weighted by Gasteiger charge is 2.17. The largest absolute Gasteiger partial charge is 0.399 e. The number of nitrogen functional groups attached to an aromatic ring is 1. The van der Waals surface area contributed by atoms with E-state index in [1.165, 1.54) is 31.5 Å². The Morgan fingerprint density at radius 1 is 0.944 bits per heavy atom. The summed E-state index contributed by atoms with van der Waals surface area (Å²) >= 11 is 0. The SMILES string of the molecule is CC.CC.CN1CCC(c2ccc(N)cc2)CC1. The zero-order chi connectivity index (χ0) is 14.0. The molecule has 2 N–H and O–H groups in total. The molecule has 0 unspecified atom stereocenters. The maximum Gasteiger partial charge on any atom is 0.0314 e. The molecular weight excluding hydrogens is 220 g/mol. The minimum absolute atomic E-state index is 0.742. The van der Waals surface area contributed by atoms with Crippen LogP contribution in [-0.2, 0) is 0 Å². The molecule has 2 rings (SSSR count). The molecule has 2 nitrogen and oxygen atoms in total. The van der Waals surface area contributed by atoms with E-state index in [9.17, 15) is 0 Å². The van der Waals surface area contributed by atoms with Crippen LogP contribution in [0, 0.1) is 0 Å². The van der Waals surface area contributed by atoms with Gasteiger partial charge in [-0.15, -0.1) is 0 Å². The standard InChI is InChI=1S/C12H18N2.2C2H6/c1-14-8-6-11(7-9-14)10-2-4-12(13)5-3-10;2*1-2/h2-5,11H,6-9,13H2,1H3;2*1-2H3. The summed E-state index contributed by atoms with van der Waals surface area (Å²) in [6.45, 7) is 10.4. The number of benzene rings is 1. The quantitative estimate of drug-likeness (QED) is 0.759. The molecule has 1 heterocycles. The minimum Gasteiger partial charge on any atom is -0.399 e. The maximum absolute atomic E-state index is 5.67. The van der Waals surface area contributed by atoms with Crippen LogP contribution < -0.4 is 5.73 Å². The third kappa shape index (κ3) is 5.54. The Hall–Kier alpha value is -1.02. The van der Waals surface area contributed by atoms with E-state index in [2.05, 4.69) is 24.1 Å². The van der Waals surface area contributed by atoms with Crippen molar-refractivity contribution in [2.24, 2.45) is 0 Å². The van der Waals surface area contributed by atoms with E-state index in [0.717, 1.165) is 11.6 Å². The topological polar surface area (TPSA) is 29.3 Å². The van der Waals surface area contributed by atoms with E-state index in [0.29, 0.717) is 0 Å². The Morgan fingerprint density at radius 2 is 1.39 bits per heavy atom. The predicted octanol–water partition coefficient (Wildman–Crippen LogP) is 4.13. The Labute approximate surface area is 113 Å². The van der Waals surface area contributed by atoms with E-state index in [-0.39, 0.29) is 0 Å². The van der Waals surface area contributed by atoms with Crippen LogP contribution in [0.3, 0.4) is 0 Å². The summed E-state index contributed by atoms with van der Waals surface area (Å²) < 4.78 is 0. The van der Waals surface area contributed by atoms with Gasteiger partial charge >= 0.3 is 0 Å². The van der Waals surface area contributed by atoms with Crippen molar-refractivity contribution in [1.29, 1.82) is 0 Å². The van der Waals surface area contributed by atoms with Crippen molar-refractivity contribution >= 4 is 5.69 Å². The number of hydrogen-bond acceptors (Lipinski definition) is 2. The normalized spacial score (nSPS) is 16.1. The highest BCUT2D eigenvalue weighted by Crippen LogP contribution is 2.27. The van der Waals surface area contributed by atoms with E-state index in [1.807, 2.05) is 39.8 Å². The molecule has 0 saturated carbocycles. The molecule has 1 saturated heterocycles. The van der Waals surface area contributed by atoms with Crippen molar-refractivity contribution in [3.63, 3.8) is 0 Å². The average molecular weight is 250 g/mol. The molecule has 1 aliphatic heterocycles. The molecule has 1 aliphatic rings. The lowest BCUT2D eigenvalue weighted by Gasteiger charge is -2.29. The zero-order valence-corrected chi connectivity index (χ0v) is 12.7. The van der Waals surface area contributed by atoms with Gasteiger partial charge in [0, 0.05) is 5.69 Å². The van der Waals surface area contributed by atoms with Crippen LogP contribution in [0.2, 0.25) is 0 Å². The fourth-order valence-electron chi connectivity index (χ4n) is 2.11. The van der Waals surface area contributed by atoms with Crippen LogP contribution in [-0.4, -0.2) is 25.0 Å². The third-order valence-electron chi connectivity index (χ3n) is 3.13. The molecule has 0 aromatic heterocycles. The van der Waals surface area contributed by atoms with Crippen LogP contribution in [0.4, 0.5) is 5.69 Å². The van der Waals surface area contributed by atoms with E-state index >= 15 is 0 Å². The van der Waals surface area contributed by atoms with Gasteiger partial charge in [0.25, 0.3) is 0 Å². The number of piperidine rings is 1. The van der Waals surface area contributed by atoms with Gasteiger partial charge in [-0.2, -0.15) is 0 Å². The van der Waals surface area contributed by atoms with Gasteiger partial charge in [0.1, 0.15) is 0 Å². The van der Waals surface area contributed by atoms with Crippen molar-refractivity contribution < 1.29 is 0 Å². The summed E-state index contributed by atoms with van der Waals surface area (Å²) in [5, 5.41) is 0. The number of likely N-dealkylation sites (tertiary alicyclic amines) is 1. The Bertz CT molecular complexity index is 284. The zero-order valence-electron chi connectivity index (χ0n) is 12.7. The van der Waals surface area contributed by atoms with E-state index in [4.69, 9.17) is 5.73 Å².